The molecular formula is C48H33NS. The Morgan fingerprint density at radius 3 is 1.22 bits per heavy atom. The van der Waals surface area contributed by atoms with E-state index in [1.165, 1.54) is 70.4 Å². The Morgan fingerprint density at radius 1 is 0.300 bits per heavy atom. The van der Waals surface area contributed by atoms with Gasteiger partial charge in [-0.3, -0.25) is 0 Å². The van der Waals surface area contributed by atoms with Crippen LogP contribution in [0.15, 0.2) is 200 Å². The van der Waals surface area contributed by atoms with Crippen molar-refractivity contribution in [1.29, 1.82) is 0 Å². The van der Waals surface area contributed by atoms with Crippen molar-refractivity contribution in [3.05, 3.63) is 200 Å². The van der Waals surface area contributed by atoms with Gasteiger partial charge in [-0.15, -0.1) is 11.3 Å². The molecule has 1 heterocycles. The molecule has 0 bridgehead atoms. The van der Waals surface area contributed by atoms with Crippen molar-refractivity contribution in [1.82, 2.24) is 0 Å². The molecule has 0 atom stereocenters. The Balaban J connectivity index is 1.13. The summed E-state index contributed by atoms with van der Waals surface area (Å²) in [4.78, 5) is 2.41. The average molecular weight is 656 g/mol. The predicted octanol–water partition coefficient (Wildman–Crippen LogP) is 14.2. The fraction of sp³-hybridized carbons (Fsp3) is 0. The summed E-state index contributed by atoms with van der Waals surface area (Å²) in [5, 5.41) is 2.59. The number of thiophene rings is 1. The second-order valence-electron chi connectivity index (χ2n) is 12.6. The summed E-state index contributed by atoms with van der Waals surface area (Å²) in [7, 11) is 0. The number of nitrogens with zero attached hydrogens (tertiary/aromatic N) is 1. The standard InChI is InChI=1S/C48H33NS/c1-3-12-34(13-4-1)38-16-9-18-40(32-38)36-24-28-42(29-25-36)49(46-22-11-21-45-44-20-7-8-23-47(44)50-48(45)46)43-30-26-37(27-31-43)41-19-10-17-39(33-41)35-14-5-2-6-15-35/h1-33H. The predicted molar refractivity (Wildman–Crippen MR) is 216 cm³/mol. The van der Waals surface area contributed by atoms with Crippen LogP contribution in [0.25, 0.3) is 64.7 Å². The minimum absolute atomic E-state index is 1.12. The largest absolute Gasteiger partial charge is 0.309 e. The number of hydrogen-bond donors (Lipinski definition) is 0. The molecule has 0 spiro atoms. The van der Waals surface area contributed by atoms with E-state index in [0.29, 0.717) is 0 Å². The third-order valence-corrected chi connectivity index (χ3v) is 10.7. The van der Waals surface area contributed by atoms with Crippen molar-refractivity contribution < 1.29 is 0 Å². The molecule has 0 saturated carbocycles. The molecule has 0 saturated heterocycles. The molecule has 50 heavy (non-hydrogen) atoms. The van der Waals surface area contributed by atoms with Gasteiger partial charge in [0.25, 0.3) is 0 Å². The zero-order valence-corrected chi connectivity index (χ0v) is 28.2. The highest BCUT2D eigenvalue weighted by Gasteiger charge is 2.18. The molecule has 1 nitrogen and oxygen atoms in total. The first-order valence-electron chi connectivity index (χ1n) is 17.0. The summed E-state index contributed by atoms with van der Waals surface area (Å²) in [5.41, 5.74) is 13.1. The molecule has 0 aliphatic rings. The molecule has 0 aliphatic heterocycles. The van der Waals surface area contributed by atoms with Gasteiger partial charge in [0.1, 0.15) is 0 Å². The highest BCUT2D eigenvalue weighted by molar-refractivity contribution is 7.26. The molecule has 8 aromatic carbocycles. The van der Waals surface area contributed by atoms with Crippen molar-refractivity contribution >= 4 is 48.6 Å². The first-order valence-corrected chi connectivity index (χ1v) is 17.8. The highest BCUT2D eigenvalue weighted by Crippen LogP contribution is 2.45. The summed E-state index contributed by atoms with van der Waals surface area (Å²) in [6.45, 7) is 0. The molecule has 2 heteroatoms. The minimum Gasteiger partial charge on any atom is -0.309 e. The van der Waals surface area contributed by atoms with Gasteiger partial charge in [-0.25, -0.2) is 0 Å². The minimum atomic E-state index is 1.12. The molecule has 0 N–H and O–H groups in total. The third-order valence-electron chi connectivity index (χ3n) is 9.48. The van der Waals surface area contributed by atoms with E-state index in [2.05, 4.69) is 205 Å². The normalized spacial score (nSPS) is 11.2. The monoisotopic (exact) mass is 655 g/mol. The van der Waals surface area contributed by atoms with Gasteiger partial charge in [0.05, 0.1) is 10.4 Å². The van der Waals surface area contributed by atoms with Crippen LogP contribution in [0.1, 0.15) is 0 Å². The quantitative estimate of drug-likeness (QED) is 0.165. The molecular weight excluding hydrogens is 623 g/mol. The molecule has 0 amide bonds. The third kappa shape index (κ3) is 5.66. The van der Waals surface area contributed by atoms with E-state index < -0.39 is 0 Å². The smallest absolute Gasteiger partial charge is 0.0640 e. The molecule has 9 rings (SSSR count). The van der Waals surface area contributed by atoms with Crippen LogP contribution in [0.5, 0.6) is 0 Å². The fourth-order valence-electron chi connectivity index (χ4n) is 6.96. The second-order valence-corrected chi connectivity index (χ2v) is 13.6. The lowest BCUT2D eigenvalue weighted by molar-refractivity contribution is 1.30. The van der Waals surface area contributed by atoms with Gasteiger partial charge in [-0.05, 0) is 93.0 Å². The van der Waals surface area contributed by atoms with E-state index in [1.807, 2.05) is 11.3 Å². The van der Waals surface area contributed by atoms with Gasteiger partial charge < -0.3 is 4.90 Å². The number of anilines is 3. The topological polar surface area (TPSA) is 3.24 Å². The molecule has 0 fully saturated rings. The van der Waals surface area contributed by atoms with E-state index in [1.54, 1.807) is 0 Å². The number of fused-ring (bicyclic) bond motifs is 3. The lowest BCUT2D eigenvalue weighted by atomic mass is 9.98. The Bertz CT molecular complexity index is 2440. The Morgan fingerprint density at radius 2 is 0.700 bits per heavy atom. The van der Waals surface area contributed by atoms with Crippen molar-refractivity contribution in [3.63, 3.8) is 0 Å². The van der Waals surface area contributed by atoms with Crippen LogP contribution < -0.4 is 4.90 Å². The van der Waals surface area contributed by atoms with Gasteiger partial charge in [0.2, 0.25) is 0 Å². The van der Waals surface area contributed by atoms with Crippen LogP contribution in [0, 0.1) is 0 Å². The molecule has 0 aliphatic carbocycles. The molecule has 0 radical (unpaired) electrons. The summed E-state index contributed by atoms with van der Waals surface area (Å²) in [6, 6.07) is 72.3. The van der Waals surface area contributed by atoms with Gasteiger partial charge in [-0.2, -0.15) is 0 Å². The van der Waals surface area contributed by atoms with Gasteiger partial charge in [0.15, 0.2) is 0 Å². The SMILES string of the molecule is c1ccc(-c2cccc(-c3ccc(N(c4ccc(-c5cccc(-c6ccccc6)c5)cc4)c4cccc5c4sc4ccccc45)cc3)c2)cc1. The molecule has 0 unspecified atom stereocenters. The zero-order valence-electron chi connectivity index (χ0n) is 27.4. The van der Waals surface area contributed by atoms with Crippen LogP contribution in [-0.4, -0.2) is 0 Å². The van der Waals surface area contributed by atoms with Crippen molar-refractivity contribution in [3.8, 4) is 44.5 Å². The number of rotatable bonds is 7. The Labute approximate surface area is 297 Å². The van der Waals surface area contributed by atoms with Gasteiger partial charge >= 0.3 is 0 Å². The lowest BCUT2D eigenvalue weighted by Gasteiger charge is -2.26. The number of hydrogen-bond acceptors (Lipinski definition) is 2. The van der Waals surface area contributed by atoms with Crippen LogP contribution >= 0.6 is 11.3 Å². The van der Waals surface area contributed by atoms with Crippen molar-refractivity contribution in [2.75, 3.05) is 4.90 Å². The first-order chi connectivity index (χ1) is 24.8. The van der Waals surface area contributed by atoms with Crippen molar-refractivity contribution in [2.24, 2.45) is 0 Å². The maximum Gasteiger partial charge on any atom is 0.0640 e. The summed E-state index contributed by atoms with van der Waals surface area (Å²) in [6.07, 6.45) is 0. The van der Waals surface area contributed by atoms with Crippen LogP contribution in [0.3, 0.4) is 0 Å². The first kappa shape index (κ1) is 29.9. The van der Waals surface area contributed by atoms with Crippen LogP contribution in [0.4, 0.5) is 17.1 Å². The van der Waals surface area contributed by atoms with E-state index >= 15 is 0 Å². The van der Waals surface area contributed by atoms with E-state index in [0.717, 1.165) is 11.4 Å². The maximum absolute atomic E-state index is 2.41. The second kappa shape index (κ2) is 13.0. The number of benzene rings is 8. The summed E-state index contributed by atoms with van der Waals surface area (Å²) < 4.78 is 2.59. The van der Waals surface area contributed by atoms with Gasteiger partial charge in [0, 0.05) is 26.8 Å². The summed E-state index contributed by atoms with van der Waals surface area (Å²) in [5.74, 6) is 0. The highest BCUT2D eigenvalue weighted by atomic mass is 32.1. The average Bonchev–Trinajstić information content (AvgIpc) is 3.59. The molecule has 9 aromatic rings. The summed E-state index contributed by atoms with van der Waals surface area (Å²) >= 11 is 1.86. The lowest BCUT2D eigenvalue weighted by Crippen LogP contribution is -2.10. The zero-order chi connectivity index (χ0) is 33.3. The molecule has 1 aromatic heterocycles. The fourth-order valence-corrected chi connectivity index (χ4v) is 8.17. The van der Waals surface area contributed by atoms with Crippen LogP contribution in [0.2, 0.25) is 0 Å². The molecule has 236 valence electrons. The van der Waals surface area contributed by atoms with E-state index in [9.17, 15) is 0 Å². The Kier molecular flexibility index (Phi) is 7.77. The van der Waals surface area contributed by atoms with Crippen LogP contribution in [-0.2, 0) is 0 Å². The van der Waals surface area contributed by atoms with E-state index in [-0.39, 0.29) is 0 Å². The maximum atomic E-state index is 2.41. The Hall–Kier alpha value is -6.22. The van der Waals surface area contributed by atoms with Crippen molar-refractivity contribution in [2.45, 2.75) is 0 Å². The van der Waals surface area contributed by atoms with Gasteiger partial charge in [-0.1, -0.05) is 152 Å². The van der Waals surface area contributed by atoms with E-state index in [4.69, 9.17) is 0 Å².